The van der Waals surface area contributed by atoms with Crippen LogP contribution in [0.15, 0.2) is 22.7 Å². The average Bonchev–Trinajstić information content (AvgIpc) is 3.24. The highest BCUT2D eigenvalue weighted by Gasteiger charge is 2.41. The van der Waals surface area contributed by atoms with Crippen molar-refractivity contribution in [1.29, 1.82) is 0 Å². The highest BCUT2D eigenvalue weighted by molar-refractivity contribution is 9.10. The molecule has 1 heterocycles. The molecule has 1 aliphatic heterocycles. The fraction of sp³-hybridized carbons (Fsp3) is 0.467. The fourth-order valence-corrected chi connectivity index (χ4v) is 3.03. The first-order chi connectivity index (χ1) is 9.58. The summed E-state index contributed by atoms with van der Waals surface area (Å²) in [5.41, 5.74) is 1.93. The smallest absolute Gasteiger partial charge is 0.249 e. The molecule has 0 aromatic heterocycles. The van der Waals surface area contributed by atoms with Crippen LogP contribution >= 0.6 is 15.9 Å². The van der Waals surface area contributed by atoms with Crippen LogP contribution in [0.2, 0.25) is 0 Å². The predicted molar refractivity (Wildman–Crippen MR) is 80.5 cm³/mol. The second-order valence-electron chi connectivity index (χ2n) is 5.51. The quantitative estimate of drug-likeness (QED) is 0.901. The Labute approximate surface area is 126 Å². The van der Waals surface area contributed by atoms with Crippen LogP contribution in [-0.2, 0) is 9.59 Å². The number of hydrogen-bond donors (Lipinski definition) is 1. The van der Waals surface area contributed by atoms with Gasteiger partial charge in [-0.2, -0.15) is 0 Å². The van der Waals surface area contributed by atoms with Crippen LogP contribution in [0.1, 0.15) is 24.8 Å². The molecule has 0 spiro atoms. The molecule has 5 heteroatoms. The Morgan fingerprint density at radius 2 is 2.05 bits per heavy atom. The summed E-state index contributed by atoms with van der Waals surface area (Å²) in [5.74, 6) is 0.324. The number of carbonyl (C=O) groups excluding carboxylic acids is 2. The number of hydrogen-bond acceptors (Lipinski definition) is 2. The third-order valence-corrected chi connectivity index (χ3v) is 4.89. The van der Waals surface area contributed by atoms with Crippen molar-refractivity contribution in [2.24, 2.45) is 5.92 Å². The molecule has 4 nitrogen and oxygen atoms in total. The molecule has 0 bridgehead atoms. The van der Waals surface area contributed by atoms with Gasteiger partial charge < -0.3 is 10.2 Å². The van der Waals surface area contributed by atoms with Gasteiger partial charge in [-0.25, -0.2) is 0 Å². The van der Waals surface area contributed by atoms with Gasteiger partial charge in [-0.05, 0) is 43.4 Å². The number of carbonyl (C=O) groups is 2. The molecule has 1 aliphatic carbocycles. The lowest BCUT2D eigenvalue weighted by molar-refractivity contribution is -0.126. The molecule has 106 valence electrons. The van der Waals surface area contributed by atoms with Crippen LogP contribution in [0.5, 0.6) is 0 Å². The van der Waals surface area contributed by atoms with Crippen LogP contribution in [0.4, 0.5) is 5.69 Å². The molecule has 1 aromatic carbocycles. The second kappa shape index (κ2) is 5.20. The van der Waals surface area contributed by atoms with Crippen molar-refractivity contribution in [3.05, 3.63) is 28.2 Å². The first-order valence-corrected chi connectivity index (χ1v) is 7.73. The zero-order valence-corrected chi connectivity index (χ0v) is 12.9. The third-order valence-electron chi connectivity index (χ3n) is 4.03. The zero-order valence-electron chi connectivity index (χ0n) is 11.4. The van der Waals surface area contributed by atoms with Crippen molar-refractivity contribution < 1.29 is 9.59 Å². The Morgan fingerprint density at radius 3 is 2.75 bits per heavy atom. The standard InChI is InChI=1S/C15H17BrN2O2/c1-9-11(16)3-2-4-12(9)18-8-7-13(19)17-14(15(18)20)10-5-6-10/h2-4,10,14H,5-8H2,1H3,(H,17,19). The van der Waals surface area contributed by atoms with E-state index in [2.05, 4.69) is 21.2 Å². The van der Waals surface area contributed by atoms with E-state index in [-0.39, 0.29) is 17.9 Å². The Balaban J connectivity index is 1.96. The minimum absolute atomic E-state index is 0.0228. The van der Waals surface area contributed by atoms with E-state index >= 15 is 0 Å². The van der Waals surface area contributed by atoms with E-state index in [0.717, 1.165) is 28.6 Å². The van der Waals surface area contributed by atoms with Gasteiger partial charge in [0.1, 0.15) is 6.04 Å². The van der Waals surface area contributed by atoms with Crippen LogP contribution in [0.25, 0.3) is 0 Å². The summed E-state index contributed by atoms with van der Waals surface area (Å²) < 4.78 is 0.981. The Kier molecular flexibility index (Phi) is 3.54. The Hall–Kier alpha value is -1.36. The van der Waals surface area contributed by atoms with E-state index < -0.39 is 0 Å². The lowest BCUT2D eigenvalue weighted by Crippen LogP contribution is -2.46. The molecule has 1 aromatic rings. The van der Waals surface area contributed by atoms with Crippen molar-refractivity contribution in [3.63, 3.8) is 0 Å². The lowest BCUT2D eigenvalue weighted by Gasteiger charge is -2.26. The summed E-state index contributed by atoms with van der Waals surface area (Å²) in [6.45, 7) is 2.43. The van der Waals surface area contributed by atoms with Gasteiger partial charge in [-0.1, -0.05) is 22.0 Å². The van der Waals surface area contributed by atoms with E-state index in [1.807, 2.05) is 25.1 Å². The summed E-state index contributed by atoms with van der Waals surface area (Å²) in [5, 5.41) is 2.88. The molecule has 1 atom stereocenters. The van der Waals surface area contributed by atoms with Crippen molar-refractivity contribution >= 4 is 33.4 Å². The lowest BCUT2D eigenvalue weighted by atomic mass is 10.1. The molecule has 2 fully saturated rings. The van der Waals surface area contributed by atoms with Gasteiger partial charge in [0.05, 0.1) is 0 Å². The molecule has 3 rings (SSSR count). The van der Waals surface area contributed by atoms with E-state index in [0.29, 0.717) is 18.9 Å². The van der Waals surface area contributed by atoms with Gasteiger partial charge in [0.25, 0.3) is 0 Å². The normalized spacial score (nSPS) is 23.5. The molecule has 0 radical (unpaired) electrons. The first kappa shape index (κ1) is 13.6. The summed E-state index contributed by atoms with van der Waals surface area (Å²) in [6, 6.07) is 5.48. The fourth-order valence-electron chi connectivity index (χ4n) is 2.68. The molecule has 1 N–H and O–H groups in total. The van der Waals surface area contributed by atoms with Crippen molar-refractivity contribution in [1.82, 2.24) is 5.32 Å². The molecule has 1 saturated heterocycles. The van der Waals surface area contributed by atoms with Crippen LogP contribution in [-0.4, -0.2) is 24.4 Å². The van der Waals surface area contributed by atoms with Crippen LogP contribution in [0, 0.1) is 12.8 Å². The highest BCUT2D eigenvalue weighted by Crippen LogP contribution is 2.36. The van der Waals surface area contributed by atoms with Gasteiger partial charge >= 0.3 is 0 Å². The number of halogens is 1. The number of anilines is 1. The molecule has 2 aliphatic rings. The minimum Gasteiger partial charge on any atom is -0.344 e. The van der Waals surface area contributed by atoms with Gasteiger partial charge in [0, 0.05) is 23.1 Å². The third kappa shape index (κ3) is 2.46. The van der Waals surface area contributed by atoms with E-state index in [4.69, 9.17) is 0 Å². The molecule has 2 amide bonds. The number of nitrogens with one attached hydrogen (secondary N) is 1. The van der Waals surface area contributed by atoms with Gasteiger partial charge in [-0.3, -0.25) is 9.59 Å². The van der Waals surface area contributed by atoms with E-state index in [1.54, 1.807) is 4.90 Å². The van der Waals surface area contributed by atoms with E-state index in [1.165, 1.54) is 0 Å². The average molecular weight is 337 g/mol. The SMILES string of the molecule is Cc1c(Br)cccc1N1CCC(=O)NC(C2CC2)C1=O. The minimum atomic E-state index is -0.344. The van der Waals surface area contributed by atoms with Gasteiger partial charge in [0.15, 0.2) is 0 Å². The summed E-state index contributed by atoms with van der Waals surface area (Å²) in [6.07, 6.45) is 2.42. The predicted octanol–water partition coefficient (Wildman–Crippen LogP) is 2.39. The maximum Gasteiger partial charge on any atom is 0.249 e. The topological polar surface area (TPSA) is 49.4 Å². The van der Waals surface area contributed by atoms with Crippen LogP contribution in [0.3, 0.4) is 0 Å². The van der Waals surface area contributed by atoms with Crippen molar-refractivity contribution in [2.45, 2.75) is 32.2 Å². The molecule has 1 saturated carbocycles. The Bertz CT molecular complexity index is 569. The number of rotatable bonds is 2. The largest absolute Gasteiger partial charge is 0.344 e. The molecular formula is C15H17BrN2O2. The molecule has 20 heavy (non-hydrogen) atoms. The summed E-state index contributed by atoms with van der Waals surface area (Å²) in [4.78, 5) is 26.3. The van der Waals surface area contributed by atoms with E-state index in [9.17, 15) is 9.59 Å². The van der Waals surface area contributed by atoms with Crippen LogP contribution < -0.4 is 10.2 Å². The summed E-state index contributed by atoms with van der Waals surface area (Å²) >= 11 is 3.50. The molecule has 1 unspecified atom stereocenters. The number of nitrogens with zero attached hydrogens (tertiary/aromatic N) is 1. The zero-order chi connectivity index (χ0) is 14.3. The maximum atomic E-state index is 12.7. The monoisotopic (exact) mass is 336 g/mol. The van der Waals surface area contributed by atoms with Crippen molar-refractivity contribution in [3.8, 4) is 0 Å². The highest BCUT2D eigenvalue weighted by atomic mass is 79.9. The maximum absolute atomic E-state index is 12.7. The second-order valence-corrected chi connectivity index (χ2v) is 6.36. The van der Waals surface area contributed by atoms with Crippen molar-refractivity contribution in [2.75, 3.05) is 11.4 Å². The first-order valence-electron chi connectivity index (χ1n) is 6.94. The van der Waals surface area contributed by atoms with Gasteiger partial charge in [0.2, 0.25) is 11.8 Å². The number of benzene rings is 1. The number of amides is 2. The van der Waals surface area contributed by atoms with Gasteiger partial charge in [-0.15, -0.1) is 0 Å². The molecular weight excluding hydrogens is 320 g/mol. The summed E-state index contributed by atoms with van der Waals surface area (Å²) in [7, 11) is 0. The Morgan fingerprint density at radius 1 is 1.30 bits per heavy atom.